The molecule has 3 rings (SSSR count). The molecule has 0 bridgehead atoms. The van der Waals surface area contributed by atoms with Crippen LogP contribution in [0.15, 0.2) is 46.9 Å². The fourth-order valence-corrected chi connectivity index (χ4v) is 3.49. The van der Waals surface area contributed by atoms with Gasteiger partial charge >= 0.3 is 5.97 Å². The SMILES string of the molecule is COCc1c(C(=O)OCC(=O)N(CCC#N)c2cc(C)cc(C)c2)oc2ccccc12. The van der Waals surface area contributed by atoms with Gasteiger partial charge in [-0.05, 0) is 43.2 Å². The lowest BCUT2D eigenvalue weighted by Crippen LogP contribution is -2.35. The van der Waals surface area contributed by atoms with Crippen LogP contribution in [0.2, 0.25) is 0 Å². The Bertz CT molecular complexity index is 1120. The molecule has 0 aliphatic carbocycles. The lowest BCUT2D eigenvalue weighted by atomic mass is 10.1. The number of aryl methyl sites for hydroxylation is 2. The number of ether oxygens (including phenoxy) is 2. The van der Waals surface area contributed by atoms with E-state index in [2.05, 4.69) is 0 Å². The normalized spacial score (nSPS) is 10.6. The van der Waals surface area contributed by atoms with Crippen molar-refractivity contribution in [3.63, 3.8) is 0 Å². The average Bonchev–Trinajstić information content (AvgIpc) is 3.10. The number of nitrogens with zero attached hydrogens (tertiary/aromatic N) is 2. The molecule has 0 radical (unpaired) electrons. The predicted octanol–water partition coefficient (Wildman–Crippen LogP) is 4.30. The van der Waals surface area contributed by atoms with E-state index in [9.17, 15) is 9.59 Å². The molecular weight excluding hydrogens is 396 g/mol. The molecule has 2 aromatic carbocycles. The highest BCUT2D eigenvalue weighted by atomic mass is 16.5. The Kier molecular flexibility index (Phi) is 7.06. The molecule has 0 aliphatic rings. The van der Waals surface area contributed by atoms with Gasteiger partial charge in [0.25, 0.3) is 5.91 Å². The smallest absolute Gasteiger partial charge is 0.375 e. The number of amides is 1. The standard InChI is InChI=1S/C24H24N2O5/c1-16-11-17(2)13-18(12-16)26(10-6-9-25)22(27)15-30-24(28)23-20(14-29-3)19-7-4-5-8-21(19)31-23/h4-5,7-8,11-13H,6,10,14-15H2,1-3H3. The van der Waals surface area contributed by atoms with Crippen molar-refractivity contribution in [3.05, 3.63) is 64.9 Å². The van der Waals surface area contributed by atoms with Gasteiger partial charge < -0.3 is 18.8 Å². The van der Waals surface area contributed by atoms with Crippen LogP contribution in [-0.2, 0) is 20.9 Å². The average molecular weight is 420 g/mol. The van der Waals surface area contributed by atoms with Gasteiger partial charge in [-0.1, -0.05) is 24.3 Å². The van der Waals surface area contributed by atoms with Crippen LogP contribution < -0.4 is 4.90 Å². The number of nitriles is 1. The number of fused-ring (bicyclic) bond motifs is 1. The van der Waals surface area contributed by atoms with Crippen molar-refractivity contribution < 1.29 is 23.5 Å². The van der Waals surface area contributed by atoms with Crippen molar-refractivity contribution in [3.8, 4) is 6.07 Å². The number of rotatable bonds is 8. The third-order valence-corrected chi connectivity index (χ3v) is 4.77. The van der Waals surface area contributed by atoms with E-state index in [1.807, 2.05) is 50.2 Å². The first kappa shape index (κ1) is 22.1. The van der Waals surface area contributed by atoms with E-state index in [-0.39, 0.29) is 25.3 Å². The molecule has 0 fully saturated rings. The largest absolute Gasteiger partial charge is 0.450 e. The van der Waals surface area contributed by atoms with Crippen LogP contribution in [0.5, 0.6) is 0 Å². The zero-order valence-corrected chi connectivity index (χ0v) is 17.8. The lowest BCUT2D eigenvalue weighted by molar-refractivity contribution is -0.121. The third-order valence-electron chi connectivity index (χ3n) is 4.77. The minimum atomic E-state index is -0.739. The van der Waals surface area contributed by atoms with Crippen LogP contribution in [-0.4, -0.2) is 32.1 Å². The molecule has 3 aromatic rings. The fraction of sp³-hybridized carbons (Fsp3) is 0.292. The Labute approximate surface area is 180 Å². The summed E-state index contributed by atoms with van der Waals surface area (Å²) in [5.74, 6) is -1.14. The van der Waals surface area contributed by atoms with E-state index in [0.717, 1.165) is 16.5 Å². The molecule has 0 N–H and O–H groups in total. The highest BCUT2D eigenvalue weighted by Gasteiger charge is 2.24. The summed E-state index contributed by atoms with van der Waals surface area (Å²) in [4.78, 5) is 27.0. The first-order chi connectivity index (χ1) is 14.9. The summed E-state index contributed by atoms with van der Waals surface area (Å²) in [6, 6.07) is 15.0. The highest BCUT2D eigenvalue weighted by molar-refractivity contribution is 5.99. The fourth-order valence-electron chi connectivity index (χ4n) is 3.49. The van der Waals surface area contributed by atoms with Crippen molar-refractivity contribution in [1.82, 2.24) is 0 Å². The molecule has 0 atom stereocenters. The third kappa shape index (κ3) is 5.11. The zero-order valence-electron chi connectivity index (χ0n) is 17.8. The monoisotopic (exact) mass is 420 g/mol. The second kappa shape index (κ2) is 9.92. The molecule has 0 saturated carbocycles. The quantitative estimate of drug-likeness (QED) is 0.505. The molecule has 1 aromatic heterocycles. The van der Waals surface area contributed by atoms with Crippen LogP contribution in [0.25, 0.3) is 11.0 Å². The van der Waals surface area contributed by atoms with Gasteiger partial charge in [0.2, 0.25) is 5.76 Å². The van der Waals surface area contributed by atoms with Crippen LogP contribution >= 0.6 is 0 Å². The van der Waals surface area contributed by atoms with Crippen molar-refractivity contribution in [2.45, 2.75) is 26.9 Å². The van der Waals surface area contributed by atoms with Crippen molar-refractivity contribution in [2.24, 2.45) is 0 Å². The molecule has 160 valence electrons. The zero-order chi connectivity index (χ0) is 22.4. The molecule has 7 nitrogen and oxygen atoms in total. The number of furan rings is 1. The number of benzene rings is 2. The minimum absolute atomic E-state index is 0.0193. The lowest BCUT2D eigenvalue weighted by Gasteiger charge is -2.22. The number of carbonyl (C=O) groups excluding carboxylic acids is 2. The summed E-state index contributed by atoms with van der Waals surface area (Å²) in [7, 11) is 1.53. The van der Waals surface area contributed by atoms with Crippen LogP contribution in [0.3, 0.4) is 0 Å². The second-order valence-electron chi connectivity index (χ2n) is 7.21. The molecular formula is C24H24N2O5. The van der Waals surface area contributed by atoms with Gasteiger partial charge in [0, 0.05) is 30.3 Å². The van der Waals surface area contributed by atoms with Gasteiger partial charge in [-0.15, -0.1) is 0 Å². The van der Waals surface area contributed by atoms with Gasteiger partial charge in [0.05, 0.1) is 19.1 Å². The Balaban J connectivity index is 1.79. The number of methoxy groups -OCH3 is 1. The maximum Gasteiger partial charge on any atom is 0.375 e. The van der Waals surface area contributed by atoms with Gasteiger partial charge in [-0.3, -0.25) is 4.79 Å². The molecule has 0 aliphatic heterocycles. The first-order valence-electron chi connectivity index (χ1n) is 9.86. The molecule has 31 heavy (non-hydrogen) atoms. The van der Waals surface area contributed by atoms with E-state index >= 15 is 0 Å². The number of anilines is 1. The van der Waals surface area contributed by atoms with Gasteiger partial charge in [-0.25, -0.2) is 4.79 Å². The van der Waals surface area contributed by atoms with Crippen molar-refractivity contribution in [1.29, 1.82) is 5.26 Å². The highest BCUT2D eigenvalue weighted by Crippen LogP contribution is 2.27. The van der Waals surface area contributed by atoms with E-state index in [0.29, 0.717) is 16.8 Å². The summed E-state index contributed by atoms with van der Waals surface area (Å²) in [5.41, 5.74) is 3.77. The molecule has 0 saturated heterocycles. The first-order valence-corrected chi connectivity index (χ1v) is 9.86. The minimum Gasteiger partial charge on any atom is -0.450 e. The van der Waals surface area contributed by atoms with Gasteiger partial charge in [0.15, 0.2) is 6.61 Å². The van der Waals surface area contributed by atoms with E-state index in [1.54, 1.807) is 12.1 Å². The van der Waals surface area contributed by atoms with E-state index in [4.69, 9.17) is 19.2 Å². The summed E-state index contributed by atoms with van der Waals surface area (Å²) in [5, 5.41) is 9.73. The Hall–Kier alpha value is -3.63. The second-order valence-corrected chi connectivity index (χ2v) is 7.21. The molecule has 0 unspecified atom stereocenters. The number of carbonyl (C=O) groups is 2. The summed E-state index contributed by atoms with van der Waals surface area (Å²) >= 11 is 0. The maximum atomic E-state index is 12.9. The van der Waals surface area contributed by atoms with Gasteiger partial charge in [0.1, 0.15) is 5.58 Å². The van der Waals surface area contributed by atoms with E-state index < -0.39 is 18.5 Å². The summed E-state index contributed by atoms with van der Waals surface area (Å²) < 4.78 is 16.2. The van der Waals surface area contributed by atoms with Crippen molar-refractivity contribution in [2.75, 3.05) is 25.2 Å². The molecule has 7 heteroatoms. The number of esters is 1. The summed E-state index contributed by atoms with van der Waals surface area (Å²) in [6.45, 7) is 3.77. The Morgan fingerprint density at radius 1 is 1.13 bits per heavy atom. The molecule has 0 spiro atoms. The predicted molar refractivity (Wildman–Crippen MR) is 116 cm³/mol. The molecule has 1 amide bonds. The van der Waals surface area contributed by atoms with Crippen LogP contribution in [0.1, 0.15) is 33.7 Å². The van der Waals surface area contributed by atoms with E-state index in [1.165, 1.54) is 12.0 Å². The number of para-hydroxylation sites is 1. The number of hydrogen-bond donors (Lipinski definition) is 0. The maximum absolute atomic E-state index is 12.9. The van der Waals surface area contributed by atoms with Crippen LogP contribution in [0, 0.1) is 25.2 Å². The topological polar surface area (TPSA) is 92.8 Å². The van der Waals surface area contributed by atoms with Crippen LogP contribution in [0.4, 0.5) is 5.69 Å². The Morgan fingerprint density at radius 2 is 1.84 bits per heavy atom. The van der Waals surface area contributed by atoms with Gasteiger partial charge in [-0.2, -0.15) is 5.26 Å². The summed E-state index contributed by atoms with van der Waals surface area (Å²) in [6.07, 6.45) is 0.161. The Morgan fingerprint density at radius 3 is 2.52 bits per heavy atom. The number of hydrogen-bond acceptors (Lipinski definition) is 6. The molecule has 1 heterocycles. The van der Waals surface area contributed by atoms with Crippen molar-refractivity contribution >= 4 is 28.5 Å².